The van der Waals surface area contributed by atoms with Crippen LogP contribution in [0.2, 0.25) is 0 Å². The molecule has 90 valence electrons. The number of unbranched alkanes of at least 4 members (excludes halogenated alkanes) is 1. The highest BCUT2D eigenvalue weighted by molar-refractivity contribution is 5.36. The molecular formula is C13H21NO2. The number of hydrogen-bond donors (Lipinski definition) is 1. The van der Waals surface area contributed by atoms with Crippen molar-refractivity contribution in [2.24, 2.45) is 5.73 Å². The van der Waals surface area contributed by atoms with Crippen LogP contribution in [0.3, 0.4) is 0 Å². The lowest BCUT2D eigenvalue weighted by molar-refractivity contribution is -0.224. The van der Waals surface area contributed by atoms with E-state index >= 15 is 0 Å². The standard InChI is InChI=1S/C9H10O2.C4H11N/c1-2-8-7-5-3-4-6-9(7)11-10-8;1-2-3-4-5/h3-6,8H,2H2,1H3;2-5H2,1H3. The van der Waals surface area contributed by atoms with Crippen LogP contribution in [0.15, 0.2) is 24.3 Å². The van der Waals surface area contributed by atoms with Crippen LogP contribution in [0.4, 0.5) is 0 Å². The van der Waals surface area contributed by atoms with Crippen molar-refractivity contribution in [1.82, 2.24) is 0 Å². The van der Waals surface area contributed by atoms with Gasteiger partial charge >= 0.3 is 0 Å². The van der Waals surface area contributed by atoms with E-state index in [1.54, 1.807) is 0 Å². The van der Waals surface area contributed by atoms with E-state index in [2.05, 4.69) is 13.8 Å². The van der Waals surface area contributed by atoms with E-state index < -0.39 is 0 Å². The monoisotopic (exact) mass is 223 g/mol. The highest BCUT2D eigenvalue weighted by Gasteiger charge is 2.23. The molecule has 1 aliphatic rings. The van der Waals surface area contributed by atoms with Gasteiger partial charge in [-0.25, -0.2) is 0 Å². The minimum atomic E-state index is 0.131. The summed E-state index contributed by atoms with van der Waals surface area (Å²) in [6, 6.07) is 7.90. The highest BCUT2D eigenvalue weighted by Crippen LogP contribution is 2.35. The van der Waals surface area contributed by atoms with E-state index in [9.17, 15) is 0 Å². The maximum atomic E-state index is 5.14. The summed E-state index contributed by atoms with van der Waals surface area (Å²) in [5.41, 5.74) is 6.30. The number of rotatable bonds is 3. The maximum absolute atomic E-state index is 5.14. The molecule has 2 rings (SSSR count). The zero-order valence-corrected chi connectivity index (χ0v) is 10.1. The molecule has 0 saturated carbocycles. The van der Waals surface area contributed by atoms with E-state index in [1.165, 1.54) is 12.8 Å². The van der Waals surface area contributed by atoms with E-state index in [-0.39, 0.29) is 6.10 Å². The van der Waals surface area contributed by atoms with Crippen LogP contribution in [0.25, 0.3) is 0 Å². The Labute approximate surface area is 97.5 Å². The van der Waals surface area contributed by atoms with Crippen molar-refractivity contribution < 1.29 is 9.78 Å². The maximum Gasteiger partial charge on any atom is 0.171 e. The molecule has 0 aromatic heterocycles. The zero-order chi connectivity index (χ0) is 11.8. The normalized spacial score (nSPS) is 17.1. The molecule has 1 aliphatic heterocycles. The molecule has 1 heterocycles. The molecule has 1 aromatic rings. The largest absolute Gasteiger partial charge is 0.337 e. The van der Waals surface area contributed by atoms with E-state index in [0.717, 1.165) is 24.3 Å². The fraction of sp³-hybridized carbons (Fsp3) is 0.538. The smallest absolute Gasteiger partial charge is 0.171 e. The Bertz CT molecular complexity index is 300. The highest BCUT2D eigenvalue weighted by atomic mass is 17.2. The van der Waals surface area contributed by atoms with Gasteiger partial charge in [-0.2, -0.15) is 4.89 Å². The third-order valence-electron chi connectivity index (χ3n) is 2.45. The molecule has 3 nitrogen and oxygen atoms in total. The Hall–Kier alpha value is -1.06. The minimum absolute atomic E-state index is 0.131. The van der Waals surface area contributed by atoms with Crippen molar-refractivity contribution in [3.8, 4) is 5.75 Å². The van der Waals surface area contributed by atoms with Gasteiger partial charge in [-0.05, 0) is 25.5 Å². The topological polar surface area (TPSA) is 44.5 Å². The van der Waals surface area contributed by atoms with Crippen LogP contribution in [0, 0.1) is 0 Å². The molecule has 2 N–H and O–H groups in total. The third-order valence-corrected chi connectivity index (χ3v) is 2.45. The van der Waals surface area contributed by atoms with Gasteiger partial charge < -0.3 is 10.6 Å². The van der Waals surface area contributed by atoms with E-state index in [4.69, 9.17) is 15.5 Å². The predicted molar refractivity (Wildman–Crippen MR) is 65.1 cm³/mol. The fourth-order valence-electron chi connectivity index (χ4n) is 1.48. The molecule has 3 heteroatoms. The van der Waals surface area contributed by atoms with Gasteiger partial charge in [-0.3, -0.25) is 0 Å². The number of para-hydroxylation sites is 1. The van der Waals surface area contributed by atoms with Gasteiger partial charge in [0.25, 0.3) is 0 Å². The molecule has 0 bridgehead atoms. The average Bonchev–Trinajstić information content (AvgIpc) is 2.74. The Morgan fingerprint density at radius 2 is 2.00 bits per heavy atom. The minimum Gasteiger partial charge on any atom is -0.337 e. The number of nitrogens with two attached hydrogens (primary N) is 1. The Morgan fingerprint density at radius 1 is 1.25 bits per heavy atom. The Balaban J connectivity index is 0.000000221. The van der Waals surface area contributed by atoms with E-state index in [1.807, 2.05) is 24.3 Å². The van der Waals surface area contributed by atoms with Gasteiger partial charge in [0.2, 0.25) is 0 Å². The molecule has 0 radical (unpaired) electrons. The van der Waals surface area contributed by atoms with Gasteiger partial charge in [-0.1, -0.05) is 38.5 Å². The van der Waals surface area contributed by atoms with Crippen LogP contribution in [0.1, 0.15) is 44.8 Å². The summed E-state index contributed by atoms with van der Waals surface area (Å²) in [4.78, 5) is 10.1. The lowest BCUT2D eigenvalue weighted by Crippen LogP contribution is -1.95. The first-order valence-electron chi connectivity index (χ1n) is 5.95. The first-order chi connectivity index (χ1) is 7.83. The van der Waals surface area contributed by atoms with Crippen LogP contribution >= 0.6 is 0 Å². The molecule has 0 amide bonds. The van der Waals surface area contributed by atoms with Crippen molar-refractivity contribution in [1.29, 1.82) is 0 Å². The summed E-state index contributed by atoms with van der Waals surface area (Å²) in [6.07, 6.45) is 3.47. The van der Waals surface area contributed by atoms with Crippen LogP contribution in [-0.2, 0) is 4.89 Å². The molecular weight excluding hydrogens is 202 g/mol. The number of benzene rings is 1. The number of hydrogen-bond acceptors (Lipinski definition) is 3. The summed E-state index contributed by atoms with van der Waals surface area (Å²) in [7, 11) is 0. The summed E-state index contributed by atoms with van der Waals surface area (Å²) in [5.74, 6) is 0.861. The van der Waals surface area contributed by atoms with Crippen LogP contribution < -0.4 is 10.6 Å². The molecule has 0 fully saturated rings. The van der Waals surface area contributed by atoms with Gasteiger partial charge in [0, 0.05) is 5.56 Å². The first kappa shape index (κ1) is 13.0. The van der Waals surface area contributed by atoms with Crippen LogP contribution in [-0.4, -0.2) is 6.54 Å². The predicted octanol–water partition coefficient (Wildman–Crippen LogP) is 3.21. The first-order valence-corrected chi connectivity index (χ1v) is 5.95. The molecule has 1 unspecified atom stereocenters. The second-order valence-corrected chi connectivity index (χ2v) is 3.76. The molecule has 0 saturated heterocycles. The number of fused-ring (bicyclic) bond motifs is 1. The van der Waals surface area contributed by atoms with Crippen molar-refractivity contribution >= 4 is 0 Å². The average molecular weight is 223 g/mol. The van der Waals surface area contributed by atoms with Gasteiger partial charge in [-0.15, -0.1) is 0 Å². The Kier molecular flexibility index (Phi) is 5.90. The van der Waals surface area contributed by atoms with Crippen molar-refractivity contribution in [2.45, 2.75) is 39.2 Å². The third kappa shape index (κ3) is 3.51. The molecule has 0 aliphatic carbocycles. The summed E-state index contributed by atoms with van der Waals surface area (Å²) >= 11 is 0. The molecule has 1 aromatic carbocycles. The SMILES string of the molecule is CCC1OOc2ccccc21.CCCCN. The summed E-state index contributed by atoms with van der Waals surface area (Å²) in [5, 5.41) is 0. The second-order valence-electron chi connectivity index (χ2n) is 3.76. The van der Waals surface area contributed by atoms with Gasteiger partial charge in [0.05, 0.1) is 0 Å². The lowest BCUT2D eigenvalue weighted by Gasteiger charge is -2.00. The quantitative estimate of drug-likeness (QED) is 0.800. The van der Waals surface area contributed by atoms with Crippen molar-refractivity contribution in [3.05, 3.63) is 29.8 Å². The fourth-order valence-corrected chi connectivity index (χ4v) is 1.48. The lowest BCUT2D eigenvalue weighted by atomic mass is 10.1. The molecule has 1 atom stereocenters. The Morgan fingerprint density at radius 3 is 2.56 bits per heavy atom. The summed E-state index contributed by atoms with van der Waals surface area (Å²) in [6.45, 7) is 5.06. The molecule has 0 spiro atoms. The van der Waals surface area contributed by atoms with Gasteiger partial charge in [0.15, 0.2) is 5.75 Å². The van der Waals surface area contributed by atoms with Crippen LogP contribution in [0.5, 0.6) is 5.75 Å². The van der Waals surface area contributed by atoms with Crippen molar-refractivity contribution in [2.75, 3.05) is 6.54 Å². The zero-order valence-electron chi connectivity index (χ0n) is 10.1. The molecule has 16 heavy (non-hydrogen) atoms. The summed E-state index contributed by atoms with van der Waals surface area (Å²) < 4.78 is 0. The van der Waals surface area contributed by atoms with E-state index in [0.29, 0.717) is 0 Å². The van der Waals surface area contributed by atoms with Gasteiger partial charge in [0.1, 0.15) is 6.10 Å². The second kappa shape index (κ2) is 7.25. The van der Waals surface area contributed by atoms with Crippen molar-refractivity contribution in [3.63, 3.8) is 0 Å².